The third kappa shape index (κ3) is 5.23. The van der Waals surface area contributed by atoms with E-state index in [1.807, 2.05) is 24.3 Å². The first-order chi connectivity index (χ1) is 14.0. The van der Waals surface area contributed by atoms with Gasteiger partial charge in [-0.1, -0.05) is 23.7 Å². The van der Waals surface area contributed by atoms with Crippen LogP contribution in [-0.2, 0) is 4.74 Å². The molecule has 29 heavy (non-hydrogen) atoms. The number of hydrogen-bond acceptors (Lipinski definition) is 6. The second-order valence-corrected chi connectivity index (χ2v) is 7.00. The number of hydrogen-bond donors (Lipinski definition) is 1. The first-order valence-electron chi connectivity index (χ1n) is 9.17. The fourth-order valence-corrected chi connectivity index (χ4v) is 3.47. The van der Waals surface area contributed by atoms with Crippen molar-refractivity contribution in [3.63, 3.8) is 0 Å². The Balaban J connectivity index is 1.79. The highest BCUT2D eigenvalue weighted by Gasteiger charge is 2.25. The van der Waals surface area contributed by atoms with Crippen molar-refractivity contribution < 1.29 is 19.2 Å². The number of amides is 1. The van der Waals surface area contributed by atoms with Crippen molar-refractivity contribution in [1.82, 2.24) is 10.2 Å². The second-order valence-electron chi connectivity index (χ2n) is 6.57. The van der Waals surface area contributed by atoms with Crippen molar-refractivity contribution in [1.29, 1.82) is 0 Å². The molecule has 2 aromatic carbocycles. The zero-order chi connectivity index (χ0) is 20.8. The summed E-state index contributed by atoms with van der Waals surface area (Å²) in [5, 5.41) is 14.3. The lowest BCUT2D eigenvalue weighted by Gasteiger charge is -2.35. The molecule has 0 aromatic heterocycles. The van der Waals surface area contributed by atoms with Gasteiger partial charge < -0.3 is 14.8 Å². The standard InChI is InChI=1S/C20H22ClN3O5/c1-28-16-5-2-14(3-6-16)19(23-8-10-29-11-9-23)13-22-20(25)17-7-4-15(21)12-18(17)24(26)27/h2-7,12,19H,8-11,13H2,1H3,(H,22,25). The molecular weight excluding hydrogens is 398 g/mol. The van der Waals surface area contributed by atoms with Crippen LogP contribution >= 0.6 is 11.6 Å². The number of morpholine rings is 1. The molecule has 0 bridgehead atoms. The summed E-state index contributed by atoms with van der Waals surface area (Å²) in [5.74, 6) is 0.232. The van der Waals surface area contributed by atoms with Crippen molar-refractivity contribution in [3.05, 3.63) is 68.7 Å². The van der Waals surface area contributed by atoms with Crippen LogP contribution in [0.15, 0.2) is 42.5 Å². The van der Waals surface area contributed by atoms with E-state index in [1.165, 1.54) is 18.2 Å². The van der Waals surface area contributed by atoms with Gasteiger partial charge in [0.25, 0.3) is 11.6 Å². The van der Waals surface area contributed by atoms with Crippen LogP contribution in [0, 0.1) is 10.1 Å². The summed E-state index contributed by atoms with van der Waals surface area (Å²) in [5.41, 5.74) is 0.677. The van der Waals surface area contributed by atoms with E-state index in [1.54, 1.807) is 7.11 Å². The molecule has 1 saturated heterocycles. The van der Waals surface area contributed by atoms with Gasteiger partial charge in [-0.15, -0.1) is 0 Å². The molecule has 3 rings (SSSR count). The summed E-state index contributed by atoms with van der Waals surface area (Å²) in [7, 11) is 1.60. The van der Waals surface area contributed by atoms with Crippen LogP contribution in [-0.4, -0.2) is 55.7 Å². The van der Waals surface area contributed by atoms with E-state index in [0.29, 0.717) is 19.8 Å². The van der Waals surface area contributed by atoms with Crippen LogP contribution in [0.2, 0.25) is 5.02 Å². The van der Waals surface area contributed by atoms with Crippen molar-refractivity contribution in [2.75, 3.05) is 40.0 Å². The number of halogens is 1. The lowest BCUT2D eigenvalue weighted by Crippen LogP contribution is -2.43. The van der Waals surface area contributed by atoms with Crippen LogP contribution in [0.25, 0.3) is 0 Å². The Labute approximate surface area is 173 Å². The Morgan fingerprint density at radius 3 is 2.59 bits per heavy atom. The third-order valence-electron chi connectivity index (χ3n) is 4.84. The molecule has 1 heterocycles. The fraction of sp³-hybridized carbons (Fsp3) is 0.350. The number of nitro groups is 1. The van der Waals surface area contributed by atoms with Crippen molar-refractivity contribution in [3.8, 4) is 5.75 Å². The third-order valence-corrected chi connectivity index (χ3v) is 5.08. The summed E-state index contributed by atoms with van der Waals surface area (Å²) in [6.07, 6.45) is 0. The number of nitro benzene ring substituents is 1. The molecule has 2 aromatic rings. The molecule has 1 aliphatic heterocycles. The van der Waals surface area contributed by atoms with Gasteiger partial charge >= 0.3 is 0 Å². The predicted molar refractivity (Wildman–Crippen MR) is 109 cm³/mol. The predicted octanol–water partition coefficient (Wildman–Crippen LogP) is 3.06. The molecule has 0 aliphatic carbocycles. The van der Waals surface area contributed by atoms with Crippen LogP contribution in [0.3, 0.4) is 0 Å². The zero-order valence-corrected chi connectivity index (χ0v) is 16.7. The molecule has 9 heteroatoms. The van der Waals surface area contributed by atoms with E-state index in [0.717, 1.165) is 24.4 Å². The lowest BCUT2D eigenvalue weighted by atomic mass is 10.0. The normalized spacial score (nSPS) is 15.5. The summed E-state index contributed by atoms with van der Waals surface area (Å²) < 4.78 is 10.7. The van der Waals surface area contributed by atoms with Crippen LogP contribution in [0.1, 0.15) is 22.0 Å². The van der Waals surface area contributed by atoms with E-state index in [4.69, 9.17) is 21.1 Å². The van der Waals surface area contributed by atoms with Crippen LogP contribution < -0.4 is 10.1 Å². The molecule has 1 unspecified atom stereocenters. The van der Waals surface area contributed by atoms with E-state index >= 15 is 0 Å². The average molecular weight is 420 g/mol. The number of carbonyl (C=O) groups is 1. The Bertz CT molecular complexity index is 869. The number of nitrogens with one attached hydrogen (secondary N) is 1. The summed E-state index contributed by atoms with van der Waals surface area (Å²) >= 11 is 5.83. The van der Waals surface area contributed by atoms with Gasteiger partial charge in [-0.3, -0.25) is 19.8 Å². The van der Waals surface area contributed by atoms with Crippen LogP contribution in [0.5, 0.6) is 5.75 Å². The quantitative estimate of drug-likeness (QED) is 0.547. The Kier molecular flexibility index (Phi) is 7.03. The highest BCUT2D eigenvalue weighted by molar-refractivity contribution is 6.31. The lowest BCUT2D eigenvalue weighted by molar-refractivity contribution is -0.385. The van der Waals surface area contributed by atoms with Crippen LogP contribution in [0.4, 0.5) is 5.69 Å². The molecule has 1 amide bonds. The minimum absolute atomic E-state index is 0.0186. The maximum Gasteiger partial charge on any atom is 0.283 e. The molecule has 0 radical (unpaired) electrons. The summed E-state index contributed by atoms with van der Waals surface area (Å²) in [4.78, 5) is 25.6. The largest absolute Gasteiger partial charge is 0.497 e. The maximum absolute atomic E-state index is 12.7. The molecular formula is C20H22ClN3O5. The Morgan fingerprint density at radius 1 is 1.28 bits per heavy atom. The van der Waals surface area contributed by atoms with E-state index in [-0.39, 0.29) is 22.3 Å². The number of carbonyl (C=O) groups excluding carboxylic acids is 1. The zero-order valence-electron chi connectivity index (χ0n) is 16.0. The van der Waals surface area contributed by atoms with Gasteiger partial charge in [-0.05, 0) is 29.8 Å². The molecule has 1 aliphatic rings. The molecule has 8 nitrogen and oxygen atoms in total. The van der Waals surface area contributed by atoms with Crippen molar-refractivity contribution in [2.24, 2.45) is 0 Å². The first-order valence-corrected chi connectivity index (χ1v) is 9.55. The Hall–Kier alpha value is -2.68. The second kappa shape index (κ2) is 9.69. The molecule has 154 valence electrons. The maximum atomic E-state index is 12.7. The number of nitrogens with zero attached hydrogens (tertiary/aromatic N) is 2. The molecule has 1 N–H and O–H groups in total. The smallest absolute Gasteiger partial charge is 0.283 e. The molecule has 0 saturated carbocycles. The highest BCUT2D eigenvalue weighted by Crippen LogP contribution is 2.25. The van der Waals surface area contributed by atoms with E-state index in [9.17, 15) is 14.9 Å². The SMILES string of the molecule is COc1ccc(C(CNC(=O)c2ccc(Cl)cc2[N+](=O)[O-])N2CCOCC2)cc1. The van der Waals surface area contributed by atoms with E-state index in [2.05, 4.69) is 10.2 Å². The van der Waals surface area contributed by atoms with Gasteiger partial charge in [-0.2, -0.15) is 0 Å². The number of methoxy groups -OCH3 is 1. The minimum atomic E-state index is -0.607. The van der Waals surface area contributed by atoms with Gasteiger partial charge in [0.05, 0.1) is 31.3 Å². The highest BCUT2D eigenvalue weighted by atomic mass is 35.5. The van der Waals surface area contributed by atoms with Crippen molar-refractivity contribution >= 4 is 23.2 Å². The molecule has 1 atom stereocenters. The summed E-state index contributed by atoms with van der Waals surface area (Å²) in [6.45, 7) is 2.98. The molecule has 0 spiro atoms. The van der Waals surface area contributed by atoms with Gasteiger partial charge in [0.1, 0.15) is 11.3 Å². The fourth-order valence-electron chi connectivity index (χ4n) is 3.31. The monoisotopic (exact) mass is 419 g/mol. The van der Waals surface area contributed by atoms with Gasteiger partial charge in [0, 0.05) is 30.7 Å². The van der Waals surface area contributed by atoms with Crippen molar-refractivity contribution in [2.45, 2.75) is 6.04 Å². The van der Waals surface area contributed by atoms with Gasteiger partial charge in [0.15, 0.2) is 0 Å². The van der Waals surface area contributed by atoms with Gasteiger partial charge in [0.2, 0.25) is 0 Å². The number of benzene rings is 2. The minimum Gasteiger partial charge on any atom is -0.497 e. The number of rotatable bonds is 7. The first kappa shape index (κ1) is 21.0. The Morgan fingerprint density at radius 2 is 1.97 bits per heavy atom. The topological polar surface area (TPSA) is 93.9 Å². The summed E-state index contributed by atoms with van der Waals surface area (Å²) in [6, 6.07) is 11.6. The molecule has 1 fully saturated rings. The average Bonchev–Trinajstić information content (AvgIpc) is 2.74. The number of ether oxygens (including phenoxy) is 2. The van der Waals surface area contributed by atoms with Gasteiger partial charge in [-0.25, -0.2) is 0 Å². The van der Waals surface area contributed by atoms with E-state index < -0.39 is 10.8 Å².